The molecule has 0 aliphatic carbocycles. The molecule has 7 nitrogen and oxygen atoms in total. The topological polar surface area (TPSA) is 87.2 Å². The van der Waals surface area contributed by atoms with Gasteiger partial charge in [-0.25, -0.2) is 9.59 Å². The van der Waals surface area contributed by atoms with E-state index in [1.54, 1.807) is 21.9 Å². The molecule has 2 aromatic rings. The molecule has 7 heteroatoms. The van der Waals surface area contributed by atoms with Crippen molar-refractivity contribution in [3.8, 4) is 0 Å². The average molecular weight is 420 g/mol. The van der Waals surface area contributed by atoms with E-state index in [0.29, 0.717) is 31.6 Å². The maximum Gasteiger partial charge on any atom is 0.410 e. The summed E-state index contributed by atoms with van der Waals surface area (Å²) in [5, 5.41) is 9.31. The Morgan fingerprint density at radius 2 is 1.94 bits per heavy atom. The highest BCUT2D eigenvalue weighted by Crippen LogP contribution is 2.35. The predicted octanol–water partition coefficient (Wildman–Crippen LogP) is 3.28. The van der Waals surface area contributed by atoms with E-state index < -0.39 is 5.97 Å². The Bertz CT molecular complexity index is 1080. The third-order valence-electron chi connectivity index (χ3n) is 6.79. The van der Waals surface area contributed by atoms with E-state index in [-0.39, 0.29) is 35.6 Å². The molecule has 2 unspecified atom stereocenters. The highest BCUT2D eigenvalue weighted by Gasteiger charge is 2.46. The van der Waals surface area contributed by atoms with Crippen LogP contribution in [0.1, 0.15) is 56.7 Å². The van der Waals surface area contributed by atoms with Gasteiger partial charge in [-0.3, -0.25) is 9.69 Å². The van der Waals surface area contributed by atoms with Crippen LogP contribution in [0.15, 0.2) is 42.5 Å². The first-order chi connectivity index (χ1) is 15.0. The summed E-state index contributed by atoms with van der Waals surface area (Å²) in [6, 6.07) is 12.7. The minimum Gasteiger partial charge on any atom is -0.478 e. The van der Waals surface area contributed by atoms with Gasteiger partial charge in [-0.2, -0.15) is 0 Å². The summed E-state index contributed by atoms with van der Waals surface area (Å²) in [4.78, 5) is 40.6. The number of carbonyl (C=O) groups excluding carboxylic acids is 2. The fourth-order valence-electron chi connectivity index (χ4n) is 5.08. The van der Waals surface area contributed by atoms with Crippen LogP contribution in [0.2, 0.25) is 0 Å². The lowest BCUT2D eigenvalue weighted by Gasteiger charge is -2.37. The Balaban J connectivity index is 1.40. The number of nitrogens with zero attached hydrogens (tertiary/aromatic N) is 2. The maximum absolute atomic E-state index is 13.2. The van der Waals surface area contributed by atoms with Crippen molar-refractivity contribution in [3.63, 3.8) is 0 Å². The molecule has 1 N–H and O–H groups in total. The van der Waals surface area contributed by atoms with Gasteiger partial charge in [0, 0.05) is 24.6 Å². The van der Waals surface area contributed by atoms with Crippen molar-refractivity contribution >= 4 is 18.0 Å². The number of aromatic carboxylic acids is 1. The summed E-state index contributed by atoms with van der Waals surface area (Å²) in [6.45, 7) is 3.39. The van der Waals surface area contributed by atoms with Crippen LogP contribution < -0.4 is 0 Å². The molecule has 0 spiro atoms. The molecule has 1 saturated heterocycles. The lowest BCUT2D eigenvalue weighted by molar-refractivity contribution is 0.0559. The van der Waals surface area contributed by atoms with Crippen LogP contribution in [0.25, 0.3) is 0 Å². The van der Waals surface area contributed by atoms with E-state index in [0.717, 1.165) is 17.5 Å². The number of carboxylic acid groups (broad SMARTS) is 1. The summed E-state index contributed by atoms with van der Waals surface area (Å²) in [6.07, 6.45) is 0.784. The number of benzene rings is 2. The molecule has 31 heavy (non-hydrogen) atoms. The molecule has 2 aromatic carbocycles. The summed E-state index contributed by atoms with van der Waals surface area (Å²) in [5.74, 6) is -1.09. The number of fused-ring (bicyclic) bond motifs is 3. The van der Waals surface area contributed by atoms with Crippen molar-refractivity contribution in [1.29, 1.82) is 0 Å². The highest BCUT2D eigenvalue weighted by molar-refractivity contribution is 5.99. The molecule has 1 fully saturated rings. The number of carbonyl (C=O) groups is 3. The molecule has 160 valence electrons. The van der Waals surface area contributed by atoms with E-state index in [4.69, 9.17) is 4.74 Å². The van der Waals surface area contributed by atoms with Crippen molar-refractivity contribution < 1.29 is 24.2 Å². The average Bonchev–Trinajstić information content (AvgIpc) is 3.08. The van der Waals surface area contributed by atoms with Crippen molar-refractivity contribution in [2.75, 3.05) is 13.1 Å². The lowest BCUT2D eigenvalue weighted by Crippen LogP contribution is -2.49. The first-order valence-corrected chi connectivity index (χ1v) is 10.7. The van der Waals surface area contributed by atoms with E-state index >= 15 is 0 Å². The molecule has 5 rings (SSSR count). The molecule has 3 heterocycles. The number of cyclic esters (lactones) is 1. The zero-order valence-corrected chi connectivity index (χ0v) is 17.3. The highest BCUT2D eigenvalue weighted by atomic mass is 16.6. The van der Waals surface area contributed by atoms with Crippen LogP contribution in [-0.2, 0) is 17.7 Å². The zero-order valence-electron chi connectivity index (χ0n) is 17.3. The number of hydrogen-bond acceptors (Lipinski definition) is 4. The first kappa shape index (κ1) is 19.6. The Hall–Kier alpha value is -3.35. The third kappa shape index (κ3) is 3.24. The Morgan fingerprint density at radius 3 is 2.68 bits per heavy atom. The second-order valence-corrected chi connectivity index (χ2v) is 8.51. The van der Waals surface area contributed by atoms with Gasteiger partial charge in [0.1, 0.15) is 6.10 Å². The van der Waals surface area contributed by atoms with Gasteiger partial charge in [0.15, 0.2) is 0 Å². The van der Waals surface area contributed by atoms with Crippen LogP contribution in [0.4, 0.5) is 4.79 Å². The predicted molar refractivity (Wildman–Crippen MR) is 112 cm³/mol. The smallest absolute Gasteiger partial charge is 0.410 e. The Morgan fingerprint density at radius 1 is 1.16 bits per heavy atom. The van der Waals surface area contributed by atoms with Gasteiger partial charge >= 0.3 is 12.1 Å². The van der Waals surface area contributed by atoms with Gasteiger partial charge in [0.05, 0.1) is 18.2 Å². The molecule has 0 aromatic heterocycles. The monoisotopic (exact) mass is 420 g/mol. The summed E-state index contributed by atoms with van der Waals surface area (Å²) >= 11 is 0. The normalized spacial score (nSPS) is 24.4. The van der Waals surface area contributed by atoms with Gasteiger partial charge in [-0.1, -0.05) is 31.2 Å². The van der Waals surface area contributed by atoms with Gasteiger partial charge in [0.25, 0.3) is 5.91 Å². The molecule has 0 saturated carbocycles. The quantitative estimate of drug-likeness (QED) is 0.820. The van der Waals surface area contributed by atoms with Crippen LogP contribution in [0.5, 0.6) is 0 Å². The van der Waals surface area contributed by atoms with Crippen LogP contribution in [0, 0.1) is 0 Å². The largest absolute Gasteiger partial charge is 0.478 e. The Kier molecular flexibility index (Phi) is 4.68. The van der Waals surface area contributed by atoms with Gasteiger partial charge in [-0.05, 0) is 47.7 Å². The number of hydrogen-bond donors (Lipinski definition) is 1. The summed E-state index contributed by atoms with van der Waals surface area (Å²) in [7, 11) is 0. The van der Waals surface area contributed by atoms with Crippen molar-refractivity contribution in [2.24, 2.45) is 0 Å². The number of ether oxygens (including phenoxy) is 1. The fraction of sp³-hybridized carbons (Fsp3) is 0.375. The van der Waals surface area contributed by atoms with Gasteiger partial charge < -0.3 is 14.7 Å². The summed E-state index contributed by atoms with van der Waals surface area (Å²) in [5.41, 5.74) is 3.88. The summed E-state index contributed by atoms with van der Waals surface area (Å²) < 4.78 is 5.71. The van der Waals surface area contributed by atoms with Crippen molar-refractivity contribution in [2.45, 2.75) is 44.4 Å². The first-order valence-electron chi connectivity index (χ1n) is 10.7. The third-order valence-corrected chi connectivity index (χ3v) is 6.79. The molecule has 3 atom stereocenters. The molecule has 0 radical (unpaired) electrons. The Labute approximate surface area is 180 Å². The number of carboxylic acids is 1. The lowest BCUT2D eigenvalue weighted by atomic mass is 9.85. The van der Waals surface area contributed by atoms with Crippen LogP contribution in [0.3, 0.4) is 0 Å². The standard InChI is InChI=1S/C24H24N2O5/c1-2-14-11-25(22(27)18-8-7-16(23(28)29)9-19(14)18)13-21-20-10-15-5-3-4-6-17(15)12-26(20)24(30)31-21/h3-9,14,20-21H,2,10-13H2,1H3,(H,28,29)/t14?,20-,21?/m0/s1. The van der Waals surface area contributed by atoms with E-state index in [1.165, 1.54) is 11.6 Å². The van der Waals surface area contributed by atoms with Crippen LogP contribution >= 0.6 is 0 Å². The molecule has 2 amide bonds. The number of amides is 2. The SMILES string of the molecule is CCC1CN(CC2OC(=O)N3Cc4ccccc4C[C@@H]23)C(=O)c2ccc(C(=O)O)cc21. The van der Waals surface area contributed by atoms with E-state index in [9.17, 15) is 19.5 Å². The zero-order chi connectivity index (χ0) is 21.7. The molecule has 3 aliphatic rings. The van der Waals surface area contributed by atoms with Gasteiger partial charge in [-0.15, -0.1) is 0 Å². The molecule has 3 aliphatic heterocycles. The maximum atomic E-state index is 13.2. The van der Waals surface area contributed by atoms with Crippen molar-refractivity contribution in [1.82, 2.24) is 9.80 Å². The fourth-order valence-corrected chi connectivity index (χ4v) is 5.08. The van der Waals surface area contributed by atoms with Gasteiger partial charge in [0.2, 0.25) is 0 Å². The number of rotatable bonds is 4. The minimum absolute atomic E-state index is 0.0484. The van der Waals surface area contributed by atoms with Crippen molar-refractivity contribution in [3.05, 3.63) is 70.3 Å². The molecular weight excluding hydrogens is 396 g/mol. The van der Waals surface area contributed by atoms with E-state index in [1.807, 2.05) is 25.1 Å². The second kappa shape index (κ2) is 7.41. The second-order valence-electron chi connectivity index (χ2n) is 8.51. The van der Waals surface area contributed by atoms with E-state index in [2.05, 4.69) is 6.07 Å². The minimum atomic E-state index is -0.997. The molecule has 0 bridgehead atoms. The van der Waals surface area contributed by atoms with Crippen LogP contribution in [-0.4, -0.2) is 58.1 Å². The molecular formula is C24H24N2O5.